The Morgan fingerprint density at radius 1 is 0.909 bits per heavy atom. The minimum atomic E-state index is -0.407. The summed E-state index contributed by atoms with van der Waals surface area (Å²) in [6.45, 7) is 1.61. The Morgan fingerprint density at radius 3 is 2.39 bits per heavy atom. The Balaban J connectivity index is 1.73. The highest BCUT2D eigenvalue weighted by Gasteiger charge is 2.39. The molecule has 9 heteroatoms. The SMILES string of the molecule is COCCCN1C(=O)C(Nc2ccc3c(c2)OCCO3)=C(c2ccc(OC)c(OC)c2)C1=O. The van der Waals surface area contributed by atoms with Crippen LogP contribution in [0.1, 0.15) is 12.0 Å². The normalized spacial score (nSPS) is 15.2. The van der Waals surface area contributed by atoms with E-state index in [-0.39, 0.29) is 23.7 Å². The highest BCUT2D eigenvalue weighted by molar-refractivity contribution is 6.36. The van der Waals surface area contributed by atoms with Gasteiger partial charge in [-0.2, -0.15) is 0 Å². The van der Waals surface area contributed by atoms with Crippen molar-refractivity contribution < 1.29 is 33.3 Å². The number of hydrogen-bond acceptors (Lipinski definition) is 8. The summed E-state index contributed by atoms with van der Waals surface area (Å²) >= 11 is 0. The van der Waals surface area contributed by atoms with Gasteiger partial charge in [-0.1, -0.05) is 6.07 Å². The molecule has 0 unspecified atom stereocenters. The third kappa shape index (κ3) is 4.45. The predicted octanol–water partition coefficient (Wildman–Crippen LogP) is 2.70. The van der Waals surface area contributed by atoms with Gasteiger partial charge in [-0.3, -0.25) is 14.5 Å². The van der Waals surface area contributed by atoms with Crippen LogP contribution in [0.3, 0.4) is 0 Å². The predicted molar refractivity (Wildman–Crippen MR) is 121 cm³/mol. The summed E-state index contributed by atoms with van der Waals surface area (Å²) in [4.78, 5) is 27.9. The monoisotopic (exact) mass is 454 g/mol. The van der Waals surface area contributed by atoms with Crippen molar-refractivity contribution in [3.05, 3.63) is 47.7 Å². The van der Waals surface area contributed by atoms with E-state index in [2.05, 4.69) is 5.32 Å². The fourth-order valence-electron chi connectivity index (χ4n) is 3.79. The van der Waals surface area contributed by atoms with E-state index >= 15 is 0 Å². The Kier molecular flexibility index (Phi) is 6.69. The van der Waals surface area contributed by atoms with Gasteiger partial charge in [0, 0.05) is 32.0 Å². The van der Waals surface area contributed by atoms with Crippen molar-refractivity contribution >= 4 is 23.1 Å². The van der Waals surface area contributed by atoms with Crippen LogP contribution in [0.25, 0.3) is 5.57 Å². The number of fused-ring (bicyclic) bond motifs is 1. The quantitative estimate of drug-likeness (QED) is 0.457. The molecule has 9 nitrogen and oxygen atoms in total. The molecule has 1 N–H and O–H groups in total. The number of carbonyl (C=O) groups excluding carboxylic acids is 2. The number of nitrogens with zero attached hydrogens (tertiary/aromatic N) is 1. The number of carbonyl (C=O) groups is 2. The first-order chi connectivity index (χ1) is 16.1. The van der Waals surface area contributed by atoms with E-state index in [0.29, 0.717) is 60.5 Å². The third-order valence-corrected chi connectivity index (χ3v) is 5.38. The molecule has 4 rings (SSSR count). The summed E-state index contributed by atoms with van der Waals surface area (Å²) in [6.07, 6.45) is 0.532. The van der Waals surface area contributed by atoms with Crippen molar-refractivity contribution in [2.24, 2.45) is 0 Å². The molecule has 33 heavy (non-hydrogen) atoms. The number of anilines is 1. The van der Waals surface area contributed by atoms with Crippen LogP contribution < -0.4 is 24.3 Å². The summed E-state index contributed by atoms with van der Waals surface area (Å²) in [6, 6.07) is 10.4. The lowest BCUT2D eigenvalue weighted by Gasteiger charge is -2.19. The number of nitrogens with one attached hydrogen (secondary N) is 1. The van der Waals surface area contributed by atoms with E-state index in [1.165, 1.54) is 19.1 Å². The van der Waals surface area contributed by atoms with Crippen LogP contribution in [0.15, 0.2) is 42.1 Å². The number of amides is 2. The molecule has 0 fully saturated rings. The Morgan fingerprint density at radius 2 is 1.67 bits per heavy atom. The molecule has 0 atom stereocenters. The average molecular weight is 454 g/mol. The number of benzene rings is 2. The van der Waals surface area contributed by atoms with E-state index in [0.717, 1.165) is 0 Å². The van der Waals surface area contributed by atoms with Gasteiger partial charge in [0.2, 0.25) is 0 Å². The smallest absolute Gasteiger partial charge is 0.278 e. The molecule has 174 valence electrons. The molecule has 2 aromatic carbocycles. The van der Waals surface area contributed by atoms with Gasteiger partial charge in [0.25, 0.3) is 11.8 Å². The summed E-state index contributed by atoms with van der Waals surface area (Å²) in [5, 5.41) is 3.13. The highest BCUT2D eigenvalue weighted by Crippen LogP contribution is 2.37. The van der Waals surface area contributed by atoms with Crippen LogP contribution in [0.5, 0.6) is 23.0 Å². The molecule has 0 bridgehead atoms. The molecule has 0 aromatic heterocycles. The second-order valence-corrected chi connectivity index (χ2v) is 7.41. The van der Waals surface area contributed by atoms with Crippen molar-refractivity contribution in [1.29, 1.82) is 0 Å². The first-order valence-electron chi connectivity index (χ1n) is 10.6. The lowest BCUT2D eigenvalue weighted by molar-refractivity contribution is -0.136. The van der Waals surface area contributed by atoms with E-state index in [9.17, 15) is 9.59 Å². The van der Waals surface area contributed by atoms with Gasteiger partial charge in [-0.15, -0.1) is 0 Å². The fourth-order valence-corrected chi connectivity index (χ4v) is 3.79. The van der Waals surface area contributed by atoms with Crippen LogP contribution >= 0.6 is 0 Å². The number of imide groups is 1. The molecule has 0 aliphatic carbocycles. The summed E-state index contributed by atoms with van der Waals surface area (Å²) in [7, 11) is 4.63. The fraction of sp³-hybridized carbons (Fsp3) is 0.333. The lowest BCUT2D eigenvalue weighted by atomic mass is 10.0. The molecular formula is C24H26N2O7. The van der Waals surface area contributed by atoms with Gasteiger partial charge in [0.15, 0.2) is 23.0 Å². The van der Waals surface area contributed by atoms with Gasteiger partial charge in [-0.05, 0) is 36.2 Å². The van der Waals surface area contributed by atoms with Gasteiger partial charge in [0.05, 0.1) is 19.8 Å². The van der Waals surface area contributed by atoms with Gasteiger partial charge < -0.3 is 29.0 Å². The van der Waals surface area contributed by atoms with Crippen LogP contribution in [0.2, 0.25) is 0 Å². The molecule has 0 radical (unpaired) electrons. The standard InChI is InChI=1S/C24H26N2O7/c1-29-10-4-9-26-23(27)21(15-5-7-17(30-2)19(13-15)31-3)22(24(26)28)25-16-6-8-18-20(14-16)33-12-11-32-18/h5-8,13-14,25H,4,9-12H2,1-3H3. The average Bonchev–Trinajstić information content (AvgIpc) is 3.07. The maximum Gasteiger partial charge on any atom is 0.278 e. The first kappa shape index (κ1) is 22.5. The van der Waals surface area contributed by atoms with E-state index in [1.54, 1.807) is 43.5 Å². The summed E-state index contributed by atoms with van der Waals surface area (Å²) in [5.41, 5.74) is 1.59. The topological polar surface area (TPSA) is 95.6 Å². The van der Waals surface area contributed by atoms with Crippen molar-refractivity contribution in [3.8, 4) is 23.0 Å². The molecule has 0 spiro atoms. The number of ether oxygens (including phenoxy) is 5. The van der Waals surface area contributed by atoms with Crippen LogP contribution in [0.4, 0.5) is 5.69 Å². The highest BCUT2D eigenvalue weighted by atomic mass is 16.6. The van der Waals surface area contributed by atoms with Crippen molar-refractivity contribution in [1.82, 2.24) is 4.90 Å². The van der Waals surface area contributed by atoms with Gasteiger partial charge >= 0.3 is 0 Å². The second kappa shape index (κ2) is 9.83. The lowest BCUT2D eigenvalue weighted by Crippen LogP contribution is -2.33. The van der Waals surface area contributed by atoms with Crippen LogP contribution in [0, 0.1) is 0 Å². The van der Waals surface area contributed by atoms with Crippen molar-refractivity contribution in [2.75, 3.05) is 53.0 Å². The van der Waals surface area contributed by atoms with Crippen LogP contribution in [-0.2, 0) is 14.3 Å². The molecule has 2 aromatic rings. The largest absolute Gasteiger partial charge is 0.493 e. The number of methoxy groups -OCH3 is 3. The van der Waals surface area contributed by atoms with Gasteiger partial charge in [0.1, 0.15) is 18.9 Å². The van der Waals surface area contributed by atoms with Crippen molar-refractivity contribution in [2.45, 2.75) is 6.42 Å². The van der Waals surface area contributed by atoms with Gasteiger partial charge in [-0.25, -0.2) is 0 Å². The zero-order valence-corrected chi connectivity index (χ0v) is 18.8. The summed E-state index contributed by atoms with van der Waals surface area (Å²) < 4.78 is 27.0. The van der Waals surface area contributed by atoms with E-state index in [4.69, 9.17) is 23.7 Å². The third-order valence-electron chi connectivity index (χ3n) is 5.38. The number of hydrogen-bond donors (Lipinski definition) is 1. The minimum absolute atomic E-state index is 0.182. The maximum atomic E-state index is 13.3. The Hall–Kier alpha value is -3.72. The zero-order valence-electron chi connectivity index (χ0n) is 18.8. The van der Waals surface area contributed by atoms with E-state index < -0.39 is 5.91 Å². The molecule has 0 saturated carbocycles. The molecular weight excluding hydrogens is 428 g/mol. The molecule has 0 saturated heterocycles. The maximum absolute atomic E-state index is 13.3. The Bertz CT molecular complexity index is 1100. The summed E-state index contributed by atoms with van der Waals surface area (Å²) in [5.74, 6) is 1.40. The van der Waals surface area contributed by atoms with Crippen LogP contribution in [-0.4, -0.2) is 64.4 Å². The second-order valence-electron chi connectivity index (χ2n) is 7.41. The molecule has 2 amide bonds. The number of rotatable bonds is 9. The molecule has 2 heterocycles. The minimum Gasteiger partial charge on any atom is -0.493 e. The Labute approximate surface area is 191 Å². The molecule has 2 aliphatic rings. The zero-order chi connectivity index (χ0) is 23.4. The first-order valence-corrected chi connectivity index (χ1v) is 10.6. The molecule has 2 aliphatic heterocycles. The van der Waals surface area contributed by atoms with Crippen molar-refractivity contribution in [3.63, 3.8) is 0 Å². The van der Waals surface area contributed by atoms with E-state index in [1.807, 2.05) is 0 Å².